The molecule has 0 radical (unpaired) electrons. The molecule has 2 heteroatoms. The fraction of sp³-hybridized carbons (Fsp3) is 0.533. The Kier molecular flexibility index (Phi) is 8.34. The molecule has 0 aromatic heterocycles. The Bertz CT molecular complexity index is 308. The van der Waals surface area contributed by atoms with Crippen LogP contribution in [0.15, 0.2) is 30.3 Å². The maximum Gasteiger partial charge on any atom is 0.149 e. The number of carbonyl (C=O) groups is 1. The second-order valence-electron chi connectivity index (χ2n) is 3.90. The zero-order valence-electron chi connectivity index (χ0n) is 11.7. The highest BCUT2D eigenvalue weighted by Gasteiger charge is 2.15. The molecule has 0 saturated heterocycles. The Morgan fingerprint density at radius 2 is 1.76 bits per heavy atom. The summed E-state index contributed by atoms with van der Waals surface area (Å²) in [4.78, 5) is 13.6. The highest BCUT2D eigenvalue weighted by Crippen LogP contribution is 2.07. The van der Waals surface area contributed by atoms with Gasteiger partial charge in [0.05, 0.1) is 6.04 Å². The number of hydrogen-bond acceptors (Lipinski definition) is 2. The van der Waals surface area contributed by atoms with E-state index in [0.717, 1.165) is 6.54 Å². The van der Waals surface area contributed by atoms with Crippen LogP contribution < -0.4 is 0 Å². The summed E-state index contributed by atoms with van der Waals surface area (Å²) in [5.74, 6) is 0.299. The molecule has 17 heavy (non-hydrogen) atoms. The first kappa shape index (κ1) is 15.9. The third-order valence-electron chi connectivity index (χ3n) is 2.75. The van der Waals surface area contributed by atoms with Gasteiger partial charge >= 0.3 is 0 Å². The molecule has 0 heterocycles. The Hall–Kier alpha value is -1.15. The number of hydrogen-bond donors (Lipinski definition) is 0. The van der Waals surface area contributed by atoms with Gasteiger partial charge in [0.15, 0.2) is 0 Å². The van der Waals surface area contributed by atoms with E-state index in [1.165, 1.54) is 5.56 Å². The minimum absolute atomic E-state index is 0.00945. The lowest BCUT2D eigenvalue weighted by Gasteiger charge is -2.23. The van der Waals surface area contributed by atoms with Crippen LogP contribution in [0, 0.1) is 0 Å². The second-order valence-corrected chi connectivity index (χ2v) is 3.90. The number of carbonyl (C=O) groups excluding carboxylic acids is 1. The number of ketones is 1. The van der Waals surface area contributed by atoms with Crippen molar-refractivity contribution in [2.45, 2.75) is 46.7 Å². The Balaban J connectivity index is 0.00000121. The van der Waals surface area contributed by atoms with Gasteiger partial charge in [0, 0.05) is 13.0 Å². The normalized spacial score (nSPS) is 11.6. The quantitative estimate of drug-likeness (QED) is 0.778. The minimum atomic E-state index is 0.00945. The summed E-state index contributed by atoms with van der Waals surface area (Å²) in [5.41, 5.74) is 1.25. The zero-order chi connectivity index (χ0) is 13.3. The fourth-order valence-electron chi connectivity index (χ4n) is 1.55. The molecule has 1 unspecified atom stereocenters. The third-order valence-corrected chi connectivity index (χ3v) is 2.75. The molecule has 1 rings (SSSR count). The third kappa shape index (κ3) is 5.64. The van der Waals surface area contributed by atoms with Crippen LogP contribution in [0.2, 0.25) is 0 Å². The summed E-state index contributed by atoms with van der Waals surface area (Å²) in [6, 6.07) is 10.2. The first-order valence-electron chi connectivity index (χ1n) is 6.42. The second kappa shape index (κ2) is 8.94. The largest absolute Gasteiger partial charge is 0.298 e. The number of rotatable bonds is 5. The van der Waals surface area contributed by atoms with Gasteiger partial charge in [-0.25, -0.2) is 0 Å². The Morgan fingerprint density at radius 1 is 1.24 bits per heavy atom. The van der Waals surface area contributed by atoms with Gasteiger partial charge in [-0.05, 0) is 19.5 Å². The lowest BCUT2D eigenvalue weighted by atomic mass is 10.1. The predicted molar refractivity (Wildman–Crippen MR) is 74.0 cm³/mol. The Morgan fingerprint density at radius 3 is 2.24 bits per heavy atom. The van der Waals surface area contributed by atoms with Crippen molar-refractivity contribution in [1.29, 1.82) is 0 Å². The molecule has 0 N–H and O–H groups in total. The molecular weight excluding hydrogens is 210 g/mol. The van der Waals surface area contributed by atoms with Crippen LogP contribution in [-0.2, 0) is 11.3 Å². The molecule has 0 spiro atoms. The van der Waals surface area contributed by atoms with Crippen LogP contribution in [0.3, 0.4) is 0 Å². The van der Waals surface area contributed by atoms with Gasteiger partial charge in [-0.1, -0.05) is 51.1 Å². The van der Waals surface area contributed by atoms with Crippen molar-refractivity contribution in [2.75, 3.05) is 7.05 Å². The van der Waals surface area contributed by atoms with E-state index in [0.29, 0.717) is 12.2 Å². The number of nitrogens with zero attached hydrogens (tertiary/aromatic N) is 1. The van der Waals surface area contributed by atoms with E-state index in [1.807, 2.05) is 52.9 Å². The molecule has 0 amide bonds. The molecule has 1 atom stereocenters. The Labute approximate surface area is 106 Å². The predicted octanol–water partition coefficient (Wildman–Crippen LogP) is 3.51. The van der Waals surface area contributed by atoms with E-state index in [-0.39, 0.29) is 6.04 Å². The van der Waals surface area contributed by atoms with Crippen molar-refractivity contribution >= 4 is 5.78 Å². The number of Topliss-reactive ketones (excluding diaryl/α,β-unsaturated/α-hetero) is 1. The van der Waals surface area contributed by atoms with Gasteiger partial charge in [-0.15, -0.1) is 0 Å². The molecule has 0 aliphatic rings. The van der Waals surface area contributed by atoms with Crippen molar-refractivity contribution < 1.29 is 4.79 Å². The monoisotopic (exact) mass is 235 g/mol. The van der Waals surface area contributed by atoms with E-state index < -0.39 is 0 Å². The van der Waals surface area contributed by atoms with Gasteiger partial charge in [-0.2, -0.15) is 0 Å². The smallest absolute Gasteiger partial charge is 0.149 e. The molecule has 0 fully saturated rings. The van der Waals surface area contributed by atoms with Crippen molar-refractivity contribution in [2.24, 2.45) is 0 Å². The van der Waals surface area contributed by atoms with Gasteiger partial charge in [0.25, 0.3) is 0 Å². The highest BCUT2D eigenvalue weighted by atomic mass is 16.1. The van der Waals surface area contributed by atoms with Crippen LogP contribution in [0.5, 0.6) is 0 Å². The number of benzene rings is 1. The molecule has 0 aliphatic carbocycles. The fourth-order valence-corrected chi connectivity index (χ4v) is 1.55. The van der Waals surface area contributed by atoms with E-state index in [9.17, 15) is 4.79 Å². The summed E-state index contributed by atoms with van der Waals surface area (Å²) in [5, 5.41) is 0. The van der Waals surface area contributed by atoms with Crippen LogP contribution in [0.25, 0.3) is 0 Å². The van der Waals surface area contributed by atoms with Crippen LogP contribution in [0.4, 0.5) is 0 Å². The van der Waals surface area contributed by atoms with Crippen molar-refractivity contribution in [3.05, 3.63) is 35.9 Å². The molecule has 0 aliphatic heterocycles. The molecule has 1 aromatic rings. The van der Waals surface area contributed by atoms with Crippen molar-refractivity contribution in [3.8, 4) is 0 Å². The topological polar surface area (TPSA) is 20.3 Å². The van der Waals surface area contributed by atoms with Gasteiger partial charge in [-0.3, -0.25) is 9.69 Å². The van der Waals surface area contributed by atoms with E-state index in [1.54, 1.807) is 0 Å². The number of likely N-dealkylation sites (N-methyl/N-ethyl adjacent to an activating group) is 1. The van der Waals surface area contributed by atoms with Gasteiger partial charge in [0.1, 0.15) is 5.78 Å². The first-order chi connectivity index (χ1) is 8.15. The van der Waals surface area contributed by atoms with Crippen molar-refractivity contribution in [3.63, 3.8) is 0 Å². The molecular formula is C15H25NO. The zero-order valence-corrected chi connectivity index (χ0v) is 11.7. The lowest BCUT2D eigenvalue weighted by molar-refractivity contribution is -0.123. The van der Waals surface area contributed by atoms with Gasteiger partial charge in [0.2, 0.25) is 0 Å². The van der Waals surface area contributed by atoms with Crippen LogP contribution in [-0.4, -0.2) is 23.8 Å². The average Bonchev–Trinajstić information content (AvgIpc) is 2.40. The highest BCUT2D eigenvalue weighted by molar-refractivity contribution is 5.83. The molecule has 0 bridgehead atoms. The summed E-state index contributed by atoms with van der Waals surface area (Å²) < 4.78 is 0. The molecule has 0 saturated carbocycles. The van der Waals surface area contributed by atoms with Crippen LogP contribution >= 0.6 is 0 Å². The summed E-state index contributed by atoms with van der Waals surface area (Å²) in [7, 11) is 1.99. The van der Waals surface area contributed by atoms with Crippen LogP contribution in [0.1, 0.15) is 39.7 Å². The maximum absolute atomic E-state index is 11.5. The summed E-state index contributed by atoms with van der Waals surface area (Å²) >= 11 is 0. The lowest BCUT2D eigenvalue weighted by Crippen LogP contribution is -2.35. The SMILES string of the molecule is CC.CCC(=O)C(C)N(C)Cc1ccccc1. The maximum atomic E-state index is 11.5. The summed E-state index contributed by atoms with van der Waals surface area (Å²) in [6.07, 6.45) is 0.611. The standard InChI is InChI=1S/C13H19NO.C2H6/c1-4-13(15)11(2)14(3)10-12-8-6-5-7-9-12;1-2/h5-9,11H,4,10H2,1-3H3;1-2H3. The first-order valence-corrected chi connectivity index (χ1v) is 6.42. The molecule has 96 valence electrons. The van der Waals surface area contributed by atoms with E-state index >= 15 is 0 Å². The molecule has 1 aromatic carbocycles. The minimum Gasteiger partial charge on any atom is -0.298 e. The average molecular weight is 235 g/mol. The summed E-state index contributed by atoms with van der Waals surface area (Å²) in [6.45, 7) is 8.71. The van der Waals surface area contributed by atoms with Crippen molar-refractivity contribution in [1.82, 2.24) is 4.90 Å². The van der Waals surface area contributed by atoms with Gasteiger partial charge < -0.3 is 0 Å². The van der Waals surface area contributed by atoms with E-state index in [2.05, 4.69) is 17.0 Å². The molecule has 2 nitrogen and oxygen atoms in total. The van der Waals surface area contributed by atoms with E-state index in [4.69, 9.17) is 0 Å².